The highest BCUT2D eigenvalue weighted by Crippen LogP contribution is 2.30. The fourth-order valence-electron chi connectivity index (χ4n) is 5.14. The third-order valence-electron chi connectivity index (χ3n) is 7.64. The molecule has 0 unspecified atom stereocenters. The largest absolute Gasteiger partial charge is 0.347 e. The number of likely N-dealkylation sites (N-methyl/N-ethyl adjacent to an activating group) is 1. The van der Waals surface area contributed by atoms with Gasteiger partial charge in [0.2, 0.25) is 23.5 Å². The quantitative estimate of drug-likeness (QED) is 0.148. The number of urea groups is 2. The summed E-state index contributed by atoms with van der Waals surface area (Å²) in [4.78, 5) is 93.0. The van der Waals surface area contributed by atoms with Crippen molar-refractivity contribution in [3.63, 3.8) is 0 Å². The van der Waals surface area contributed by atoms with Gasteiger partial charge >= 0.3 is 12.1 Å². The van der Waals surface area contributed by atoms with E-state index in [9.17, 15) is 33.6 Å². The van der Waals surface area contributed by atoms with E-state index in [4.69, 9.17) is 0 Å². The molecule has 240 valence electrons. The molecule has 0 bridgehead atoms. The molecule has 14 heteroatoms. The van der Waals surface area contributed by atoms with Crippen LogP contribution in [0.2, 0.25) is 0 Å². The molecular formula is C29H47N7O7. The fraction of sp³-hybridized carbons (Fsp3) is 0.690. The topological polar surface area (TPSA) is 177 Å². The van der Waals surface area contributed by atoms with Crippen molar-refractivity contribution < 1.29 is 33.6 Å². The van der Waals surface area contributed by atoms with Gasteiger partial charge in [-0.05, 0) is 23.2 Å². The average Bonchev–Trinajstić information content (AvgIpc) is 3.45. The van der Waals surface area contributed by atoms with Crippen molar-refractivity contribution in [2.24, 2.45) is 16.7 Å². The molecule has 2 aliphatic heterocycles. The lowest BCUT2D eigenvalue weighted by atomic mass is 9.84. The maximum absolute atomic E-state index is 14.0. The Morgan fingerprint density at radius 3 is 2.21 bits per heavy atom. The summed E-state index contributed by atoms with van der Waals surface area (Å²) < 4.78 is 0. The Labute approximate surface area is 253 Å². The highest BCUT2D eigenvalue weighted by Gasteiger charge is 2.45. The van der Waals surface area contributed by atoms with Gasteiger partial charge in [-0.3, -0.25) is 28.9 Å². The molecule has 4 N–H and O–H groups in total. The lowest BCUT2D eigenvalue weighted by Gasteiger charge is -2.41. The third kappa shape index (κ3) is 9.01. The van der Waals surface area contributed by atoms with Gasteiger partial charge in [-0.25, -0.2) is 9.59 Å². The highest BCUT2D eigenvalue weighted by atomic mass is 16.2. The maximum atomic E-state index is 14.0. The molecule has 0 aliphatic carbocycles. The predicted molar refractivity (Wildman–Crippen MR) is 158 cm³/mol. The van der Waals surface area contributed by atoms with Gasteiger partial charge in [0.25, 0.3) is 5.91 Å². The Balaban J connectivity index is 2.21. The van der Waals surface area contributed by atoms with E-state index in [1.807, 2.05) is 27.7 Å². The molecule has 0 saturated carbocycles. The van der Waals surface area contributed by atoms with Crippen LogP contribution in [0, 0.1) is 16.7 Å². The van der Waals surface area contributed by atoms with Crippen molar-refractivity contribution in [2.75, 3.05) is 39.8 Å². The first kappa shape index (κ1) is 35.2. The molecule has 0 radical (unpaired) electrons. The monoisotopic (exact) mass is 605 g/mol. The van der Waals surface area contributed by atoms with Crippen LogP contribution in [0.1, 0.15) is 54.9 Å². The van der Waals surface area contributed by atoms with Crippen LogP contribution < -0.4 is 21.3 Å². The number of imide groups is 1. The predicted octanol–water partition coefficient (Wildman–Crippen LogP) is 0.234. The summed E-state index contributed by atoms with van der Waals surface area (Å²) in [6.07, 6.45) is 1.77. The van der Waals surface area contributed by atoms with Gasteiger partial charge < -0.3 is 31.1 Å². The molecule has 2 heterocycles. The average molecular weight is 606 g/mol. The number of Topliss-reactive ketones (excluding diaryl/α,β-unsaturated/α-hetero) is 1. The molecule has 0 aromatic carbocycles. The minimum absolute atomic E-state index is 0.0254. The van der Waals surface area contributed by atoms with Crippen LogP contribution in [0.25, 0.3) is 0 Å². The first-order valence-corrected chi connectivity index (χ1v) is 14.4. The lowest BCUT2D eigenvalue weighted by molar-refractivity contribution is -0.142. The van der Waals surface area contributed by atoms with Crippen molar-refractivity contribution >= 4 is 41.5 Å². The van der Waals surface area contributed by atoms with Crippen LogP contribution in [0.4, 0.5) is 9.59 Å². The standard InChI is InChI=1S/C29H47N7O7/c1-10-11-30-24(40)19(37)13-31-23(39)18-12-17(2)15-35(18)25(41)22(29(6,7)8)33-27(43)34(9)20(28(3,4)5)16-36-21(38)14-32-26(36)42/h10,17-18,20,22H,1,11-16H2,2-9H3,(H,30,40)(H,31,39)(H,32,42)(H,33,43)/t17-,18+,20-,22-/m1/s1. The van der Waals surface area contributed by atoms with Crippen LogP contribution in [0.3, 0.4) is 0 Å². The second kappa shape index (κ2) is 14.0. The van der Waals surface area contributed by atoms with E-state index in [1.54, 1.807) is 27.8 Å². The number of rotatable bonds is 11. The molecule has 43 heavy (non-hydrogen) atoms. The van der Waals surface area contributed by atoms with E-state index < -0.39 is 71.1 Å². The second-order valence-electron chi connectivity index (χ2n) is 13.4. The molecule has 2 aliphatic rings. The SMILES string of the molecule is C=CCNC(=O)C(=O)CNC(=O)[C@@H]1C[C@@H](C)CN1C(=O)[C@@H](NC(=O)N(C)[C@H](CN1C(=O)CNC1=O)C(C)(C)C)C(C)(C)C. The molecular weight excluding hydrogens is 558 g/mol. The van der Waals surface area contributed by atoms with Crippen LogP contribution >= 0.6 is 0 Å². The van der Waals surface area contributed by atoms with Crippen LogP contribution in [0.5, 0.6) is 0 Å². The normalized spacial score (nSPS) is 20.2. The van der Waals surface area contributed by atoms with Gasteiger partial charge in [-0.15, -0.1) is 6.58 Å². The summed E-state index contributed by atoms with van der Waals surface area (Å²) in [5.74, 6) is -3.13. The minimum Gasteiger partial charge on any atom is -0.347 e. The Morgan fingerprint density at radius 1 is 1.07 bits per heavy atom. The van der Waals surface area contributed by atoms with Crippen molar-refractivity contribution in [2.45, 2.75) is 73.0 Å². The number of likely N-dealkylation sites (tertiary alicyclic amines) is 1. The van der Waals surface area contributed by atoms with Gasteiger partial charge in [-0.2, -0.15) is 0 Å². The zero-order valence-corrected chi connectivity index (χ0v) is 26.5. The van der Waals surface area contributed by atoms with Gasteiger partial charge in [0.05, 0.1) is 25.7 Å². The number of hydrogen-bond acceptors (Lipinski definition) is 7. The van der Waals surface area contributed by atoms with E-state index in [1.165, 1.54) is 15.9 Å². The number of nitrogens with zero attached hydrogens (tertiary/aromatic N) is 3. The second-order valence-corrected chi connectivity index (χ2v) is 13.4. The molecule has 0 spiro atoms. The molecule has 2 fully saturated rings. The van der Waals surface area contributed by atoms with Crippen LogP contribution in [0.15, 0.2) is 12.7 Å². The Bertz CT molecular complexity index is 1120. The van der Waals surface area contributed by atoms with Gasteiger partial charge in [-0.1, -0.05) is 54.5 Å². The zero-order chi connectivity index (χ0) is 32.9. The summed E-state index contributed by atoms with van der Waals surface area (Å²) in [6.45, 7) is 16.1. The molecule has 14 nitrogen and oxygen atoms in total. The summed E-state index contributed by atoms with van der Waals surface area (Å²) in [5.41, 5.74) is -1.30. The number of nitrogens with one attached hydrogen (secondary N) is 4. The van der Waals surface area contributed by atoms with E-state index in [0.717, 1.165) is 4.90 Å². The van der Waals surface area contributed by atoms with Crippen molar-refractivity contribution in [3.05, 3.63) is 12.7 Å². The first-order valence-electron chi connectivity index (χ1n) is 14.4. The summed E-state index contributed by atoms with van der Waals surface area (Å²) in [6, 6.07) is -3.62. The number of hydrogen-bond donors (Lipinski definition) is 4. The molecule has 0 aromatic rings. The van der Waals surface area contributed by atoms with Crippen molar-refractivity contribution in [1.29, 1.82) is 0 Å². The molecule has 4 atom stereocenters. The van der Waals surface area contributed by atoms with Gasteiger partial charge in [0.15, 0.2) is 0 Å². The number of carbonyl (C=O) groups excluding carboxylic acids is 7. The van der Waals surface area contributed by atoms with Crippen LogP contribution in [-0.2, 0) is 24.0 Å². The highest BCUT2D eigenvalue weighted by molar-refractivity contribution is 6.37. The van der Waals surface area contributed by atoms with E-state index in [-0.39, 0.29) is 38.0 Å². The summed E-state index contributed by atoms with van der Waals surface area (Å²) >= 11 is 0. The van der Waals surface area contributed by atoms with Crippen molar-refractivity contribution in [3.8, 4) is 0 Å². The molecule has 2 saturated heterocycles. The Hall–Kier alpha value is -3.97. The van der Waals surface area contributed by atoms with Crippen LogP contribution in [-0.4, -0.2) is 114 Å². The molecule has 2 rings (SSSR count). The number of amides is 8. The van der Waals surface area contributed by atoms with E-state index >= 15 is 0 Å². The first-order chi connectivity index (χ1) is 19.8. The Kier molecular flexibility index (Phi) is 11.5. The zero-order valence-electron chi connectivity index (χ0n) is 26.5. The number of carbonyl (C=O) groups is 7. The van der Waals surface area contributed by atoms with E-state index in [2.05, 4.69) is 27.8 Å². The number of ketones is 1. The Morgan fingerprint density at radius 2 is 1.70 bits per heavy atom. The third-order valence-corrected chi connectivity index (χ3v) is 7.64. The lowest BCUT2D eigenvalue weighted by Crippen LogP contribution is -2.61. The molecule has 0 aromatic heterocycles. The van der Waals surface area contributed by atoms with Gasteiger partial charge in [0.1, 0.15) is 12.1 Å². The maximum Gasteiger partial charge on any atom is 0.324 e. The minimum atomic E-state index is -1.04. The fourth-order valence-corrected chi connectivity index (χ4v) is 5.14. The molecule has 8 amide bonds. The summed E-state index contributed by atoms with van der Waals surface area (Å²) in [7, 11) is 1.55. The van der Waals surface area contributed by atoms with Gasteiger partial charge in [0, 0.05) is 20.1 Å². The smallest absolute Gasteiger partial charge is 0.324 e. The van der Waals surface area contributed by atoms with E-state index in [0.29, 0.717) is 6.42 Å². The summed E-state index contributed by atoms with van der Waals surface area (Å²) in [5, 5.41) is 10.1. The van der Waals surface area contributed by atoms with Crippen molar-refractivity contribution in [1.82, 2.24) is 36.0 Å².